The van der Waals surface area contributed by atoms with Crippen molar-refractivity contribution in [2.75, 3.05) is 0 Å². The number of halogens is 1. The molecule has 1 rings (SSSR count). The number of aromatic hydroxyl groups is 1. The van der Waals surface area contributed by atoms with Gasteiger partial charge in [-0.25, -0.2) is 4.39 Å². The normalized spacial score (nSPS) is 13.2. The molecule has 0 aliphatic heterocycles. The van der Waals surface area contributed by atoms with Crippen molar-refractivity contribution in [3.63, 3.8) is 0 Å². The molecule has 5 heteroatoms. The standard InChI is InChI=1S/C11H14FNO2Si/c1-16(2,3)15-11(7-13)8-4-5-10(14)9(12)6-8/h4-6,11,14H,1-3H3. The summed E-state index contributed by atoms with van der Waals surface area (Å²) in [6.07, 6.45) is -0.776. The lowest BCUT2D eigenvalue weighted by Gasteiger charge is -2.21. The van der Waals surface area contributed by atoms with Crippen LogP contribution in [0.3, 0.4) is 0 Å². The highest BCUT2D eigenvalue weighted by molar-refractivity contribution is 6.69. The molecule has 1 aromatic rings. The van der Waals surface area contributed by atoms with Crippen LogP contribution in [-0.4, -0.2) is 13.4 Å². The maximum atomic E-state index is 13.1. The van der Waals surface area contributed by atoms with Gasteiger partial charge in [0.1, 0.15) is 0 Å². The average molecular weight is 239 g/mol. The summed E-state index contributed by atoms with van der Waals surface area (Å²) in [6, 6.07) is 5.83. The molecule has 0 amide bonds. The molecule has 1 unspecified atom stereocenters. The number of nitriles is 1. The number of benzene rings is 1. The Morgan fingerprint density at radius 2 is 2.06 bits per heavy atom. The third-order valence-electron chi connectivity index (χ3n) is 1.86. The van der Waals surface area contributed by atoms with E-state index in [0.29, 0.717) is 5.56 Å². The topological polar surface area (TPSA) is 53.2 Å². The number of rotatable bonds is 3. The Balaban J connectivity index is 2.97. The fraction of sp³-hybridized carbons (Fsp3) is 0.364. The molecule has 0 bridgehead atoms. The molecule has 0 saturated carbocycles. The van der Waals surface area contributed by atoms with Gasteiger partial charge in [0.15, 0.2) is 26.0 Å². The van der Waals surface area contributed by atoms with Crippen molar-refractivity contribution in [2.24, 2.45) is 0 Å². The van der Waals surface area contributed by atoms with Gasteiger partial charge < -0.3 is 9.53 Å². The molecule has 1 N–H and O–H groups in total. The summed E-state index contributed by atoms with van der Waals surface area (Å²) in [5, 5.41) is 18.0. The fourth-order valence-electron chi connectivity index (χ4n) is 1.21. The molecule has 0 saturated heterocycles. The van der Waals surface area contributed by atoms with Gasteiger partial charge in [0.2, 0.25) is 0 Å². The van der Waals surface area contributed by atoms with Gasteiger partial charge in [0, 0.05) is 0 Å². The summed E-state index contributed by atoms with van der Waals surface area (Å²) in [7, 11) is -1.86. The highest BCUT2D eigenvalue weighted by Gasteiger charge is 2.22. The van der Waals surface area contributed by atoms with E-state index in [4.69, 9.17) is 14.8 Å². The van der Waals surface area contributed by atoms with E-state index in [1.54, 1.807) is 0 Å². The van der Waals surface area contributed by atoms with Crippen LogP contribution in [0.2, 0.25) is 19.6 Å². The van der Waals surface area contributed by atoms with Crippen molar-refractivity contribution < 1.29 is 13.9 Å². The van der Waals surface area contributed by atoms with Gasteiger partial charge in [0.25, 0.3) is 0 Å². The molecule has 1 aromatic carbocycles. The first-order valence-corrected chi connectivity index (χ1v) is 8.30. The molecule has 0 aliphatic rings. The summed E-state index contributed by atoms with van der Waals surface area (Å²) in [6.45, 7) is 5.86. The second-order valence-electron chi connectivity index (χ2n) is 4.45. The zero-order valence-corrected chi connectivity index (χ0v) is 10.5. The molecule has 0 spiro atoms. The van der Waals surface area contributed by atoms with Crippen LogP contribution in [0.5, 0.6) is 5.75 Å². The lowest BCUT2D eigenvalue weighted by molar-refractivity contribution is 0.254. The largest absolute Gasteiger partial charge is 0.505 e. The van der Waals surface area contributed by atoms with E-state index in [9.17, 15) is 4.39 Å². The second kappa shape index (κ2) is 4.64. The molecule has 3 nitrogen and oxygen atoms in total. The maximum absolute atomic E-state index is 13.1. The second-order valence-corrected chi connectivity index (χ2v) is 8.91. The number of nitrogens with zero attached hydrogens (tertiary/aromatic N) is 1. The molecule has 86 valence electrons. The van der Waals surface area contributed by atoms with E-state index in [2.05, 4.69) is 0 Å². The average Bonchev–Trinajstić information content (AvgIpc) is 2.17. The lowest BCUT2D eigenvalue weighted by Crippen LogP contribution is -2.27. The summed E-state index contributed by atoms with van der Waals surface area (Å²) in [5.74, 6) is -1.16. The minimum absolute atomic E-state index is 0.423. The van der Waals surface area contributed by atoms with Gasteiger partial charge in [-0.1, -0.05) is 6.07 Å². The Hall–Kier alpha value is -1.38. The molecule has 16 heavy (non-hydrogen) atoms. The SMILES string of the molecule is C[Si](C)(C)OC(C#N)c1ccc(O)c(F)c1. The van der Waals surface area contributed by atoms with Gasteiger partial charge in [-0.3, -0.25) is 0 Å². The molecule has 0 fully saturated rings. The summed E-state index contributed by atoms with van der Waals surface area (Å²) in [4.78, 5) is 0. The van der Waals surface area contributed by atoms with Gasteiger partial charge >= 0.3 is 0 Å². The Labute approximate surface area is 95.2 Å². The van der Waals surface area contributed by atoms with Crippen molar-refractivity contribution in [3.05, 3.63) is 29.6 Å². The van der Waals surface area contributed by atoms with Crippen LogP contribution < -0.4 is 0 Å². The van der Waals surface area contributed by atoms with Gasteiger partial charge in [-0.05, 0) is 37.3 Å². The van der Waals surface area contributed by atoms with Crippen LogP contribution in [-0.2, 0) is 4.43 Å². The van der Waals surface area contributed by atoms with Crippen molar-refractivity contribution in [3.8, 4) is 11.8 Å². The number of phenols is 1. The molecule has 0 radical (unpaired) electrons. The first-order valence-electron chi connectivity index (χ1n) is 4.89. The van der Waals surface area contributed by atoms with E-state index in [1.807, 2.05) is 25.7 Å². The van der Waals surface area contributed by atoms with E-state index >= 15 is 0 Å². The number of phenolic OH excluding ortho intramolecular Hbond substituents is 1. The summed E-state index contributed by atoms with van der Waals surface area (Å²) < 4.78 is 18.7. The summed E-state index contributed by atoms with van der Waals surface area (Å²) in [5.41, 5.74) is 0.431. The zero-order chi connectivity index (χ0) is 12.3. The molecule has 0 aliphatic carbocycles. The third-order valence-corrected chi connectivity index (χ3v) is 2.81. The van der Waals surface area contributed by atoms with Crippen LogP contribution >= 0.6 is 0 Å². The van der Waals surface area contributed by atoms with E-state index in [0.717, 1.165) is 6.07 Å². The highest BCUT2D eigenvalue weighted by Crippen LogP contribution is 2.25. The minimum Gasteiger partial charge on any atom is -0.505 e. The van der Waals surface area contributed by atoms with Gasteiger partial charge in [-0.2, -0.15) is 5.26 Å². The summed E-state index contributed by atoms with van der Waals surface area (Å²) >= 11 is 0. The van der Waals surface area contributed by atoms with E-state index in [1.165, 1.54) is 12.1 Å². The van der Waals surface area contributed by atoms with E-state index in [-0.39, 0.29) is 0 Å². The minimum atomic E-state index is -1.86. The number of hydrogen-bond acceptors (Lipinski definition) is 3. The zero-order valence-electron chi connectivity index (χ0n) is 9.49. The Morgan fingerprint density at radius 3 is 2.50 bits per heavy atom. The third kappa shape index (κ3) is 3.33. The predicted octanol–water partition coefficient (Wildman–Crippen LogP) is 2.95. The van der Waals surface area contributed by atoms with Crippen LogP contribution in [0.1, 0.15) is 11.7 Å². The maximum Gasteiger partial charge on any atom is 0.186 e. The Kier molecular flexibility index (Phi) is 3.68. The fourth-order valence-corrected chi connectivity index (χ4v) is 2.10. The van der Waals surface area contributed by atoms with Crippen molar-refractivity contribution in [1.29, 1.82) is 5.26 Å². The first-order chi connectivity index (χ1) is 7.33. The molecule has 0 aromatic heterocycles. The predicted molar refractivity (Wildman–Crippen MR) is 60.8 cm³/mol. The molecular weight excluding hydrogens is 225 g/mol. The van der Waals surface area contributed by atoms with Gasteiger partial charge in [0.05, 0.1) is 6.07 Å². The monoisotopic (exact) mass is 239 g/mol. The quantitative estimate of drug-likeness (QED) is 0.825. The van der Waals surface area contributed by atoms with Crippen LogP contribution in [0.4, 0.5) is 4.39 Å². The smallest absolute Gasteiger partial charge is 0.186 e. The molecule has 1 atom stereocenters. The van der Waals surface area contributed by atoms with E-state index < -0.39 is 26.0 Å². The Morgan fingerprint density at radius 1 is 1.44 bits per heavy atom. The molecular formula is C11H14FNO2Si. The molecule has 0 heterocycles. The van der Waals surface area contributed by atoms with Crippen LogP contribution in [0.25, 0.3) is 0 Å². The Bertz CT molecular complexity index is 423. The van der Waals surface area contributed by atoms with Crippen LogP contribution in [0.15, 0.2) is 18.2 Å². The van der Waals surface area contributed by atoms with Crippen LogP contribution in [0, 0.1) is 17.1 Å². The van der Waals surface area contributed by atoms with Crippen molar-refractivity contribution >= 4 is 8.32 Å². The highest BCUT2D eigenvalue weighted by atomic mass is 28.4. The van der Waals surface area contributed by atoms with Crippen molar-refractivity contribution in [1.82, 2.24) is 0 Å². The lowest BCUT2D eigenvalue weighted by atomic mass is 10.1. The first kappa shape index (κ1) is 12.7. The number of hydrogen-bond donors (Lipinski definition) is 1. The van der Waals surface area contributed by atoms with Gasteiger partial charge in [-0.15, -0.1) is 0 Å². The van der Waals surface area contributed by atoms with Crippen molar-refractivity contribution in [2.45, 2.75) is 25.7 Å².